The summed E-state index contributed by atoms with van der Waals surface area (Å²) < 4.78 is 0. The molecule has 0 unspecified atom stereocenters. The summed E-state index contributed by atoms with van der Waals surface area (Å²) in [4.78, 5) is 2.64. The Kier molecular flexibility index (Phi) is 23.5. The first kappa shape index (κ1) is 21.6. The van der Waals surface area contributed by atoms with Crippen LogP contribution >= 0.6 is 11.8 Å². The van der Waals surface area contributed by atoms with E-state index in [2.05, 4.69) is 23.6 Å². The van der Waals surface area contributed by atoms with Gasteiger partial charge in [0.15, 0.2) is 0 Å². The molecule has 1 heterocycles. The molecule has 0 radical (unpaired) electrons. The van der Waals surface area contributed by atoms with Gasteiger partial charge in [-0.2, -0.15) is 11.8 Å². The number of hydrogen-bond acceptors (Lipinski definition) is 2. The highest BCUT2D eigenvalue weighted by Gasteiger charge is 2.08. The molecule has 2 heteroatoms. The van der Waals surface area contributed by atoms with E-state index in [1.54, 1.807) is 0 Å². The molecule has 0 bridgehead atoms. The third kappa shape index (κ3) is 16.3. The molecule has 0 N–H and O–H groups in total. The van der Waals surface area contributed by atoms with Crippen LogP contribution in [0.3, 0.4) is 0 Å². The van der Waals surface area contributed by atoms with Gasteiger partial charge in [-0.1, -0.05) is 73.1 Å². The predicted octanol–water partition coefficient (Wildman–Crippen LogP) is 5.84. The number of nitrogens with zero attached hydrogens (tertiary/aromatic N) is 1. The minimum absolute atomic E-state index is 1.33. The fourth-order valence-corrected chi connectivity index (χ4v) is 3.10. The second kappa shape index (κ2) is 20.6. The van der Waals surface area contributed by atoms with Crippen LogP contribution in [0.1, 0.15) is 79.6 Å². The first-order chi connectivity index (χ1) is 9.43. The van der Waals surface area contributed by atoms with E-state index in [0.29, 0.717) is 0 Å². The van der Waals surface area contributed by atoms with E-state index in [4.69, 9.17) is 0 Å². The Morgan fingerprint density at radius 2 is 1.21 bits per heavy atom. The van der Waals surface area contributed by atoms with Crippen molar-refractivity contribution in [3.63, 3.8) is 0 Å². The largest absolute Gasteiger partial charge is 0.302 e. The van der Waals surface area contributed by atoms with Gasteiger partial charge in [0.2, 0.25) is 0 Å². The fourth-order valence-electron chi connectivity index (χ4n) is 2.12. The lowest BCUT2D eigenvalue weighted by molar-refractivity contribution is 0.294. The van der Waals surface area contributed by atoms with Crippen LogP contribution in [0.4, 0.5) is 0 Å². The van der Waals surface area contributed by atoms with Crippen LogP contribution in [0.15, 0.2) is 0 Å². The lowest BCUT2D eigenvalue weighted by Gasteiger charge is -2.25. The number of hydrogen-bond donors (Lipinski definition) is 0. The highest BCUT2D eigenvalue weighted by molar-refractivity contribution is 7.99. The summed E-state index contributed by atoms with van der Waals surface area (Å²) in [5.74, 6) is 2.72. The summed E-state index contributed by atoms with van der Waals surface area (Å²) in [5.41, 5.74) is 0. The molecule has 0 amide bonds. The van der Waals surface area contributed by atoms with E-state index >= 15 is 0 Å². The maximum Gasteiger partial charge on any atom is 0.00727 e. The van der Waals surface area contributed by atoms with Gasteiger partial charge < -0.3 is 4.90 Å². The van der Waals surface area contributed by atoms with Crippen LogP contribution in [0, 0.1) is 0 Å². The zero-order valence-electron chi connectivity index (χ0n) is 14.3. The van der Waals surface area contributed by atoms with Crippen LogP contribution in [0.2, 0.25) is 0 Å². The number of unbranched alkanes of at least 4 members (excludes halogenated alkanes) is 6. The van der Waals surface area contributed by atoms with Crippen LogP contribution in [-0.4, -0.2) is 36.0 Å². The lowest BCUT2D eigenvalue weighted by atomic mass is 10.1. The molecule has 1 rings (SSSR count). The molecule has 0 aromatic carbocycles. The van der Waals surface area contributed by atoms with Gasteiger partial charge in [-0.05, 0) is 13.0 Å². The average molecular weight is 290 g/mol. The molecule has 0 spiro atoms. The topological polar surface area (TPSA) is 3.24 Å². The summed E-state index contributed by atoms with van der Waals surface area (Å²) in [7, 11) is 0. The smallest absolute Gasteiger partial charge is 0.00727 e. The van der Waals surface area contributed by atoms with Gasteiger partial charge in [0.25, 0.3) is 0 Å². The molecule has 0 aliphatic carbocycles. The first-order valence-corrected chi connectivity index (χ1v) is 9.89. The van der Waals surface area contributed by atoms with Crippen molar-refractivity contribution >= 4 is 11.8 Å². The summed E-state index contributed by atoms with van der Waals surface area (Å²) in [6.07, 6.45) is 10.1. The van der Waals surface area contributed by atoms with Crippen molar-refractivity contribution in [3.8, 4) is 0 Å². The number of thioether (sulfide) groups is 1. The summed E-state index contributed by atoms with van der Waals surface area (Å²) in [5, 5.41) is 0. The zero-order valence-corrected chi connectivity index (χ0v) is 15.2. The summed E-state index contributed by atoms with van der Waals surface area (Å²) in [6, 6.07) is 0. The lowest BCUT2D eigenvalue weighted by Crippen LogP contribution is -2.33. The van der Waals surface area contributed by atoms with Crippen LogP contribution in [0.5, 0.6) is 0 Å². The predicted molar refractivity (Wildman–Crippen MR) is 94.5 cm³/mol. The van der Waals surface area contributed by atoms with E-state index in [1.807, 2.05) is 27.7 Å². The minimum atomic E-state index is 1.33. The van der Waals surface area contributed by atoms with Crippen LogP contribution in [-0.2, 0) is 0 Å². The third-order valence-corrected chi connectivity index (χ3v) is 4.12. The van der Waals surface area contributed by atoms with Gasteiger partial charge in [-0.15, -0.1) is 0 Å². The molecule has 1 nitrogen and oxygen atoms in total. The molecule has 0 aromatic heterocycles. The Morgan fingerprint density at radius 3 is 1.74 bits per heavy atom. The molecule has 19 heavy (non-hydrogen) atoms. The second-order valence-corrected chi connectivity index (χ2v) is 5.80. The van der Waals surface area contributed by atoms with E-state index < -0.39 is 0 Å². The minimum Gasteiger partial charge on any atom is -0.302 e. The summed E-state index contributed by atoms with van der Waals surface area (Å²) >= 11 is 2.11. The normalized spacial score (nSPS) is 15.0. The molecular formula is C17H39NS. The maximum atomic E-state index is 2.64. The molecule has 1 aliphatic rings. The highest BCUT2D eigenvalue weighted by atomic mass is 32.2. The first-order valence-electron chi connectivity index (χ1n) is 8.73. The van der Waals surface area contributed by atoms with E-state index in [9.17, 15) is 0 Å². The molecule has 1 fully saturated rings. The Hall–Kier alpha value is 0.310. The standard InChI is InChI=1S/C13H27NS.2C2H6/c1-2-3-4-5-6-7-8-9-14-10-12-15-13-11-14;2*1-2/h2-13H2,1H3;2*1-2H3. The SMILES string of the molecule is CC.CC.CCCCCCCCCN1CCSCC1. The van der Waals surface area contributed by atoms with Crippen molar-refractivity contribution in [2.45, 2.75) is 79.6 Å². The maximum absolute atomic E-state index is 2.64. The van der Waals surface area contributed by atoms with E-state index in [1.165, 1.54) is 76.1 Å². The molecular weight excluding hydrogens is 250 g/mol. The molecule has 1 saturated heterocycles. The average Bonchev–Trinajstić information content (AvgIpc) is 2.51. The van der Waals surface area contributed by atoms with Gasteiger partial charge in [-0.25, -0.2) is 0 Å². The van der Waals surface area contributed by atoms with E-state index in [-0.39, 0.29) is 0 Å². The van der Waals surface area contributed by atoms with Crippen molar-refractivity contribution < 1.29 is 0 Å². The summed E-state index contributed by atoms with van der Waals surface area (Å²) in [6.45, 7) is 14.3. The van der Waals surface area contributed by atoms with Gasteiger partial charge in [0, 0.05) is 24.6 Å². The molecule has 0 atom stereocenters. The molecule has 0 saturated carbocycles. The van der Waals surface area contributed by atoms with Gasteiger partial charge in [-0.3, -0.25) is 0 Å². The van der Waals surface area contributed by atoms with Crippen LogP contribution in [0.25, 0.3) is 0 Å². The second-order valence-electron chi connectivity index (χ2n) is 4.58. The number of rotatable bonds is 8. The van der Waals surface area contributed by atoms with Gasteiger partial charge in [0.1, 0.15) is 0 Å². The van der Waals surface area contributed by atoms with Gasteiger partial charge >= 0.3 is 0 Å². The van der Waals surface area contributed by atoms with Crippen LogP contribution < -0.4 is 0 Å². The quantitative estimate of drug-likeness (QED) is 0.516. The Balaban J connectivity index is 0. The molecule has 0 aromatic rings. The van der Waals surface area contributed by atoms with E-state index in [0.717, 1.165) is 0 Å². The Labute approximate surface area is 127 Å². The fraction of sp³-hybridized carbons (Fsp3) is 1.00. The zero-order chi connectivity index (χ0) is 14.8. The van der Waals surface area contributed by atoms with Crippen molar-refractivity contribution in [1.29, 1.82) is 0 Å². The van der Waals surface area contributed by atoms with Crippen molar-refractivity contribution in [2.75, 3.05) is 31.1 Å². The Morgan fingerprint density at radius 1 is 0.737 bits per heavy atom. The third-order valence-electron chi connectivity index (χ3n) is 3.18. The molecule has 118 valence electrons. The molecule has 1 aliphatic heterocycles. The monoisotopic (exact) mass is 289 g/mol. The van der Waals surface area contributed by atoms with Gasteiger partial charge in [0.05, 0.1) is 0 Å². The van der Waals surface area contributed by atoms with Crippen molar-refractivity contribution in [1.82, 2.24) is 4.90 Å². The van der Waals surface area contributed by atoms with Crippen molar-refractivity contribution in [3.05, 3.63) is 0 Å². The van der Waals surface area contributed by atoms with Crippen molar-refractivity contribution in [2.24, 2.45) is 0 Å². The highest BCUT2D eigenvalue weighted by Crippen LogP contribution is 2.11. The Bertz CT molecular complexity index is 133.